The lowest BCUT2D eigenvalue weighted by Gasteiger charge is -2.25. The first kappa shape index (κ1) is 25.5. The van der Waals surface area contributed by atoms with E-state index in [1.54, 1.807) is 12.1 Å². The lowest BCUT2D eigenvalue weighted by Crippen LogP contribution is -2.42. The van der Waals surface area contributed by atoms with Crippen LogP contribution >= 0.6 is 11.6 Å². The third-order valence-electron chi connectivity index (χ3n) is 5.88. The molecule has 0 radical (unpaired) electrons. The van der Waals surface area contributed by atoms with Crippen LogP contribution in [0.2, 0.25) is 5.02 Å². The molecule has 2 aromatic rings. The number of ether oxygens (including phenoxy) is 1. The molecule has 1 aliphatic heterocycles. The molecule has 1 saturated heterocycles. The minimum Gasteiger partial charge on any atom is -0.495 e. The van der Waals surface area contributed by atoms with Crippen molar-refractivity contribution in [1.29, 1.82) is 5.26 Å². The Bertz CT molecular complexity index is 1140. The van der Waals surface area contributed by atoms with Gasteiger partial charge in [-0.05, 0) is 41.7 Å². The van der Waals surface area contributed by atoms with E-state index in [1.807, 2.05) is 20.8 Å². The fourth-order valence-electron chi connectivity index (χ4n) is 4.44. The standard InChI is InChI=1S/C25H27ClFN3O4/c1-25(2,3)11-18-15(12-28)20(14-6-5-7-16(26)21(14)27)22(29-18)23(31)30-17-9-8-13(24(32)33)10-19(17)34-4/h5-10,15,18,20,22,29H,11H2,1-4H3,(H,30,31)(H,32,33)/t15-,18+,20-,22-/m1/s1. The highest BCUT2D eigenvalue weighted by molar-refractivity contribution is 6.30. The van der Waals surface area contributed by atoms with Gasteiger partial charge in [0, 0.05) is 12.0 Å². The Labute approximate surface area is 202 Å². The molecule has 0 saturated carbocycles. The van der Waals surface area contributed by atoms with Gasteiger partial charge in [0.25, 0.3) is 0 Å². The van der Waals surface area contributed by atoms with Crippen molar-refractivity contribution in [2.75, 3.05) is 12.4 Å². The molecule has 7 nitrogen and oxygen atoms in total. The number of amides is 1. The van der Waals surface area contributed by atoms with Crippen LogP contribution in [0, 0.1) is 28.5 Å². The van der Waals surface area contributed by atoms with Gasteiger partial charge in [0.2, 0.25) is 5.91 Å². The third-order valence-corrected chi connectivity index (χ3v) is 6.18. The number of carbonyl (C=O) groups is 2. The number of halogens is 2. The third kappa shape index (κ3) is 5.32. The van der Waals surface area contributed by atoms with Crippen molar-refractivity contribution < 1.29 is 23.8 Å². The van der Waals surface area contributed by atoms with Crippen LogP contribution in [0.1, 0.15) is 49.0 Å². The van der Waals surface area contributed by atoms with Crippen LogP contribution in [0.5, 0.6) is 5.75 Å². The molecule has 1 heterocycles. The lowest BCUT2D eigenvalue weighted by molar-refractivity contribution is -0.118. The van der Waals surface area contributed by atoms with Gasteiger partial charge >= 0.3 is 5.97 Å². The fraction of sp³-hybridized carbons (Fsp3) is 0.400. The average Bonchev–Trinajstić information content (AvgIpc) is 3.12. The Morgan fingerprint density at radius 3 is 2.59 bits per heavy atom. The van der Waals surface area contributed by atoms with Crippen LogP contribution in [0.15, 0.2) is 36.4 Å². The number of rotatable bonds is 6. The van der Waals surface area contributed by atoms with E-state index < -0.39 is 35.6 Å². The molecule has 2 aromatic carbocycles. The molecule has 0 bridgehead atoms. The maximum absolute atomic E-state index is 15.1. The maximum Gasteiger partial charge on any atom is 0.335 e. The molecule has 34 heavy (non-hydrogen) atoms. The first-order valence-corrected chi connectivity index (χ1v) is 11.2. The van der Waals surface area contributed by atoms with Gasteiger partial charge in [-0.15, -0.1) is 0 Å². The zero-order valence-corrected chi connectivity index (χ0v) is 20.1. The summed E-state index contributed by atoms with van der Waals surface area (Å²) in [5.41, 5.74) is 0.307. The minimum atomic E-state index is -1.13. The Hall–Kier alpha value is -3.15. The molecule has 0 spiro atoms. The number of aromatic carboxylic acids is 1. The normalized spacial score (nSPS) is 22.1. The van der Waals surface area contributed by atoms with Crippen LogP contribution in [0.4, 0.5) is 10.1 Å². The minimum absolute atomic E-state index is 0.00232. The molecule has 0 aliphatic carbocycles. The summed E-state index contributed by atoms with van der Waals surface area (Å²) in [6.07, 6.45) is 0.588. The number of nitrogens with zero attached hydrogens (tertiary/aromatic N) is 1. The van der Waals surface area contributed by atoms with Crippen molar-refractivity contribution in [3.63, 3.8) is 0 Å². The van der Waals surface area contributed by atoms with E-state index in [0.717, 1.165) is 0 Å². The Morgan fingerprint density at radius 2 is 2.00 bits per heavy atom. The number of nitrogens with one attached hydrogen (secondary N) is 2. The van der Waals surface area contributed by atoms with Crippen LogP contribution in [-0.4, -0.2) is 36.2 Å². The predicted octanol–water partition coefficient (Wildman–Crippen LogP) is 4.82. The zero-order valence-electron chi connectivity index (χ0n) is 19.4. The highest BCUT2D eigenvalue weighted by atomic mass is 35.5. The second kappa shape index (κ2) is 10.00. The molecule has 3 N–H and O–H groups in total. The largest absolute Gasteiger partial charge is 0.495 e. The maximum atomic E-state index is 15.1. The van der Waals surface area contributed by atoms with Crippen molar-refractivity contribution in [1.82, 2.24) is 5.32 Å². The number of nitriles is 1. The van der Waals surface area contributed by atoms with Gasteiger partial charge in [-0.1, -0.05) is 44.5 Å². The Morgan fingerprint density at radius 1 is 1.29 bits per heavy atom. The number of carboxylic acids is 1. The summed E-state index contributed by atoms with van der Waals surface area (Å²) < 4.78 is 20.3. The van der Waals surface area contributed by atoms with Crippen molar-refractivity contribution in [2.45, 2.75) is 45.2 Å². The van der Waals surface area contributed by atoms with Gasteiger partial charge in [-0.3, -0.25) is 4.79 Å². The van der Waals surface area contributed by atoms with Crippen LogP contribution < -0.4 is 15.4 Å². The monoisotopic (exact) mass is 487 g/mol. The van der Waals surface area contributed by atoms with E-state index in [2.05, 4.69) is 16.7 Å². The van der Waals surface area contributed by atoms with Crippen molar-refractivity contribution >= 4 is 29.2 Å². The van der Waals surface area contributed by atoms with E-state index in [9.17, 15) is 20.0 Å². The fourth-order valence-corrected chi connectivity index (χ4v) is 4.62. The second-order valence-corrected chi connectivity index (χ2v) is 9.96. The summed E-state index contributed by atoms with van der Waals surface area (Å²) in [5, 5.41) is 25.1. The van der Waals surface area contributed by atoms with E-state index in [1.165, 1.54) is 31.4 Å². The summed E-state index contributed by atoms with van der Waals surface area (Å²) in [5.74, 6) is -3.59. The number of hydrogen-bond acceptors (Lipinski definition) is 5. The highest BCUT2D eigenvalue weighted by Gasteiger charge is 2.49. The van der Waals surface area contributed by atoms with E-state index >= 15 is 4.39 Å². The number of benzene rings is 2. The lowest BCUT2D eigenvalue weighted by atomic mass is 9.77. The zero-order chi connectivity index (χ0) is 25.2. The van der Waals surface area contributed by atoms with Crippen LogP contribution in [-0.2, 0) is 4.79 Å². The Kier molecular flexibility index (Phi) is 7.49. The molecule has 0 aromatic heterocycles. The molecule has 9 heteroatoms. The molecule has 3 rings (SSSR count). The average molecular weight is 488 g/mol. The molecule has 1 amide bonds. The summed E-state index contributed by atoms with van der Waals surface area (Å²) in [6.45, 7) is 6.08. The predicted molar refractivity (Wildman–Crippen MR) is 127 cm³/mol. The van der Waals surface area contributed by atoms with Crippen molar-refractivity contribution in [3.8, 4) is 11.8 Å². The first-order valence-electron chi connectivity index (χ1n) is 10.8. The second-order valence-electron chi connectivity index (χ2n) is 9.55. The topological polar surface area (TPSA) is 111 Å². The van der Waals surface area contributed by atoms with Crippen LogP contribution in [0.3, 0.4) is 0 Å². The van der Waals surface area contributed by atoms with E-state index in [-0.39, 0.29) is 39.0 Å². The summed E-state index contributed by atoms with van der Waals surface area (Å²) in [7, 11) is 1.36. The van der Waals surface area contributed by atoms with Gasteiger partial charge in [-0.25, -0.2) is 9.18 Å². The molecule has 180 valence electrons. The molecule has 0 unspecified atom stereocenters. The number of anilines is 1. The summed E-state index contributed by atoms with van der Waals surface area (Å²) >= 11 is 6.02. The smallest absolute Gasteiger partial charge is 0.335 e. The van der Waals surface area contributed by atoms with Crippen molar-refractivity contribution in [2.24, 2.45) is 11.3 Å². The van der Waals surface area contributed by atoms with E-state index in [0.29, 0.717) is 6.42 Å². The SMILES string of the molecule is COc1cc(C(=O)O)ccc1NC(=O)[C@@H]1N[C@@H](CC(C)(C)C)[C@@H](C#N)[C@H]1c1cccc(Cl)c1F. The summed E-state index contributed by atoms with van der Waals surface area (Å²) in [4.78, 5) is 24.7. The van der Waals surface area contributed by atoms with Gasteiger partial charge < -0.3 is 20.5 Å². The van der Waals surface area contributed by atoms with Crippen molar-refractivity contribution in [3.05, 3.63) is 58.4 Å². The van der Waals surface area contributed by atoms with Gasteiger partial charge in [0.05, 0.1) is 41.4 Å². The highest BCUT2D eigenvalue weighted by Crippen LogP contribution is 2.42. The first-order chi connectivity index (χ1) is 16.0. The molecular weight excluding hydrogens is 461 g/mol. The van der Waals surface area contributed by atoms with Gasteiger partial charge in [0.1, 0.15) is 11.6 Å². The molecule has 1 aliphatic rings. The van der Waals surface area contributed by atoms with E-state index in [4.69, 9.17) is 16.3 Å². The quantitative estimate of drug-likeness (QED) is 0.538. The van der Waals surface area contributed by atoms with Gasteiger partial charge in [-0.2, -0.15) is 5.26 Å². The Balaban J connectivity index is 2.01. The number of hydrogen-bond donors (Lipinski definition) is 3. The van der Waals surface area contributed by atoms with Crippen LogP contribution in [0.25, 0.3) is 0 Å². The number of carboxylic acid groups (broad SMARTS) is 1. The summed E-state index contributed by atoms with van der Waals surface area (Å²) in [6, 6.07) is 9.61. The molecule has 1 fully saturated rings. The molecule has 4 atom stereocenters. The number of carbonyl (C=O) groups excluding carboxylic acids is 1. The molecular formula is C25H27ClFN3O4. The number of methoxy groups -OCH3 is 1. The van der Waals surface area contributed by atoms with Gasteiger partial charge in [0.15, 0.2) is 0 Å².